The van der Waals surface area contributed by atoms with E-state index in [0.29, 0.717) is 36.7 Å². The molecule has 2 aliphatic heterocycles. The number of benzene rings is 1. The molecule has 0 radical (unpaired) electrons. The predicted molar refractivity (Wildman–Crippen MR) is 85.1 cm³/mol. The minimum atomic E-state index is -3.21. The van der Waals surface area contributed by atoms with Gasteiger partial charge in [0.25, 0.3) is 0 Å². The Morgan fingerprint density at radius 3 is 2.41 bits per heavy atom. The number of fused-ring (bicyclic) bond motifs is 1. The maximum Gasteiger partial charge on any atom is 0.179 e. The highest BCUT2D eigenvalue weighted by Crippen LogP contribution is 2.25. The molecule has 1 fully saturated rings. The lowest BCUT2D eigenvalue weighted by atomic mass is 10.0. The van der Waals surface area contributed by atoms with Crippen molar-refractivity contribution in [3.63, 3.8) is 0 Å². The largest absolute Gasteiger partial charge is 0.298 e. The molecule has 0 unspecified atom stereocenters. The molecule has 0 saturated carbocycles. The molecule has 2 heterocycles. The molecule has 1 aromatic carbocycles. The SMILES string of the molecule is O=S1(=O)CCC(CN2CCS(=O)(=O)c3ccccc3C2)CC1. The molecule has 3 rings (SSSR count). The van der Waals surface area contributed by atoms with Crippen LogP contribution in [-0.4, -0.2) is 52.1 Å². The number of rotatable bonds is 2. The van der Waals surface area contributed by atoms with Gasteiger partial charge in [0.1, 0.15) is 9.84 Å². The van der Waals surface area contributed by atoms with Crippen molar-refractivity contribution in [3.8, 4) is 0 Å². The van der Waals surface area contributed by atoms with Crippen LogP contribution in [0.25, 0.3) is 0 Å². The van der Waals surface area contributed by atoms with Crippen LogP contribution < -0.4 is 0 Å². The third kappa shape index (κ3) is 3.52. The van der Waals surface area contributed by atoms with Gasteiger partial charge in [0, 0.05) is 19.6 Å². The summed E-state index contributed by atoms with van der Waals surface area (Å²) in [6, 6.07) is 7.18. The van der Waals surface area contributed by atoms with E-state index in [1.165, 1.54) is 0 Å². The van der Waals surface area contributed by atoms with Crippen LogP contribution in [0.3, 0.4) is 0 Å². The first kappa shape index (κ1) is 16.0. The topological polar surface area (TPSA) is 71.5 Å². The molecule has 0 N–H and O–H groups in total. The Bertz CT molecular complexity index is 742. The van der Waals surface area contributed by atoms with E-state index in [1.807, 2.05) is 12.1 Å². The fourth-order valence-corrected chi connectivity index (χ4v) is 6.38. The Balaban J connectivity index is 1.73. The van der Waals surface area contributed by atoms with E-state index in [4.69, 9.17) is 0 Å². The summed E-state index contributed by atoms with van der Waals surface area (Å²) in [6.45, 7) is 1.91. The lowest BCUT2D eigenvalue weighted by Gasteiger charge is -2.28. The Morgan fingerprint density at radius 2 is 1.68 bits per heavy atom. The van der Waals surface area contributed by atoms with Gasteiger partial charge in [0.05, 0.1) is 22.2 Å². The van der Waals surface area contributed by atoms with Crippen molar-refractivity contribution in [1.29, 1.82) is 0 Å². The van der Waals surface area contributed by atoms with Crippen LogP contribution in [0.15, 0.2) is 29.2 Å². The molecule has 0 spiro atoms. The van der Waals surface area contributed by atoms with E-state index in [9.17, 15) is 16.8 Å². The van der Waals surface area contributed by atoms with Gasteiger partial charge in [0.2, 0.25) is 0 Å². The average molecular weight is 343 g/mol. The molecular formula is C15H21NO4S2. The van der Waals surface area contributed by atoms with E-state index < -0.39 is 19.7 Å². The minimum Gasteiger partial charge on any atom is -0.298 e. The van der Waals surface area contributed by atoms with Gasteiger partial charge in [-0.25, -0.2) is 16.8 Å². The third-order valence-corrected chi connectivity index (χ3v) is 8.07. The fraction of sp³-hybridized carbons (Fsp3) is 0.600. The molecule has 0 amide bonds. The second-order valence-corrected chi connectivity index (χ2v) is 10.6. The molecule has 122 valence electrons. The Labute approximate surface area is 132 Å². The van der Waals surface area contributed by atoms with E-state index in [2.05, 4.69) is 4.90 Å². The minimum absolute atomic E-state index is 0.134. The van der Waals surface area contributed by atoms with Crippen molar-refractivity contribution < 1.29 is 16.8 Å². The average Bonchev–Trinajstić information content (AvgIpc) is 2.59. The fourth-order valence-electron chi connectivity index (χ4n) is 3.26. The molecule has 0 aromatic heterocycles. The number of nitrogens with zero attached hydrogens (tertiary/aromatic N) is 1. The zero-order chi connectivity index (χ0) is 15.8. The molecule has 1 aromatic rings. The number of sulfone groups is 2. The van der Waals surface area contributed by atoms with Crippen LogP contribution in [0, 0.1) is 5.92 Å². The van der Waals surface area contributed by atoms with Gasteiger partial charge < -0.3 is 0 Å². The lowest BCUT2D eigenvalue weighted by molar-refractivity contribution is 0.226. The first-order chi connectivity index (χ1) is 10.4. The van der Waals surface area contributed by atoms with Crippen molar-refractivity contribution in [1.82, 2.24) is 4.90 Å². The maximum absolute atomic E-state index is 12.3. The normalized spacial score (nSPS) is 25.3. The van der Waals surface area contributed by atoms with Gasteiger partial charge in [-0.15, -0.1) is 0 Å². The quantitative estimate of drug-likeness (QED) is 0.804. The van der Waals surface area contributed by atoms with Gasteiger partial charge in [-0.3, -0.25) is 4.90 Å². The van der Waals surface area contributed by atoms with E-state index in [-0.39, 0.29) is 17.3 Å². The van der Waals surface area contributed by atoms with Gasteiger partial charge in [-0.2, -0.15) is 0 Å². The van der Waals surface area contributed by atoms with Crippen molar-refractivity contribution in [3.05, 3.63) is 29.8 Å². The van der Waals surface area contributed by atoms with Crippen molar-refractivity contribution in [2.24, 2.45) is 5.92 Å². The van der Waals surface area contributed by atoms with Gasteiger partial charge >= 0.3 is 0 Å². The molecule has 1 saturated heterocycles. The summed E-state index contributed by atoms with van der Waals surface area (Å²) in [5.74, 6) is 1.01. The molecule has 0 atom stereocenters. The number of hydrogen-bond acceptors (Lipinski definition) is 5. The van der Waals surface area contributed by atoms with Crippen LogP contribution >= 0.6 is 0 Å². The van der Waals surface area contributed by atoms with Crippen LogP contribution in [-0.2, 0) is 26.2 Å². The molecule has 5 nitrogen and oxygen atoms in total. The Morgan fingerprint density at radius 1 is 1.00 bits per heavy atom. The second kappa shape index (κ2) is 5.94. The zero-order valence-corrected chi connectivity index (χ0v) is 14.1. The summed E-state index contributed by atoms with van der Waals surface area (Å²) >= 11 is 0. The first-order valence-electron chi connectivity index (χ1n) is 7.59. The van der Waals surface area contributed by atoms with E-state index in [0.717, 1.165) is 12.1 Å². The van der Waals surface area contributed by atoms with Gasteiger partial charge in [0.15, 0.2) is 9.84 Å². The van der Waals surface area contributed by atoms with Crippen LogP contribution in [0.5, 0.6) is 0 Å². The monoisotopic (exact) mass is 343 g/mol. The van der Waals surface area contributed by atoms with Crippen molar-refractivity contribution in [2.75, 3.05) is 30.3 Å². The highest BCUT2D eigenvalue weighted by molar-refractivity contribution is 7.91. The summed E-state index contributed by atoms with van der Waals surface area (Å²) in [4.78, 5) is 2.61. The standard InChI is InChI=1S/C15H21NO4S2/c17-21(18)8-5-13(6-9-21)11-16-7-10-22(19,20)15-4-2-1-3-14(15)12-16/h1-4,13H,5-12H2. The van der Waals surface area contributed by atoms with E-state index in [1.54, 1.807) is 12.1 Å². The molecule has 7 heteroatoms. The molecular weight excluding hydrogens is 322 g/mol. The summed E-state index contributed by atoms with van der Waals surface area (Å²) < 4.78 is 47.6. The van der Waals surface area contributed by atoms with Crippen LogP contribution in [0.2, 0.25) is 0 Å². The summed E-state index contributed by atoms with van der Waals surface area (Å²) in [7, 11) is -6.05. The first-order valence-corrected chi connectivity index (χ1v) is 11.1. The predicted octanol–water partition coefficient (Wildman–Crippen LogP) is 1.10. The second-order valence-electron chi connectivity index (χ2n) is 6.26. The van der Waals surface area contributed by atoms with Gasteiger partial charge in [-0.05, 0) is 30.4 Å². The molecule has 22 heavy (non-hydrogen) atoms. The molecule has 0 aliphatic carbocycles. The van der Waals surface area contributed by atoms with Crippen molar-refractivity contribution >= 4 is 19.7 Å². The van der Waals surface area contributed by atoms with Crippen LogP contribution in [0.4, 0.5) is 0 Å². The smallest absolute Gasteiger partial charge is 0.179 e. The Hall–Kier alpha value is -0.920. The third-order valence-electron chi connectivity index (χ3n) is 4.57. The zero-order valence-electron chi connectivity index (χ0n) is 12.4. The molecule has 2 aliphatic rings. The highest BCUT2D eigenvalue weighted by atomic mass is 32.2. The van der Waals surface area contributed by atoms with Crippen LogP contribution in [0.1, 0.15) is 18.4 Å². The Kier molecular flexibility index (Phi) is 4.31. The summed E-state index contributed by atoms with van der Waals surface area (Å²) in [5, 5.41) is 0. The van der Waals surface area contributed by atoms with E-state index >= 15 is 0 Å². The van der Waals surface area contributed by atoms with Gasteiger partial charge in [-0.1, -0.05) is 18.2 Å². The maximum atomic E-state index is 12.3. The highest BCUT2D eigenvalue weighted by Gasteiger charge is 2.29. The lowest BCUT2D eigenvalue weighted by Crippen LogP contribution is -2.35. The number of hydrogen-bond donors (Lipinski definition) is 0. The summed E-state index contributed by atoms with van der Waals surface area (Å²) in [6.07, 6.45) is 1.38. The summed E-state index contributed by atoms with van der Waals surface area (Å²) in [5.41, 5.74) is 0.850. The molecule has 0 bridgehead atoms. The van der Waals surface area contributed by atoms with Crippen molar-refractivity contribution in [2.45, 2.75) is 24.3 Å².